The number of hydrogen-bond donors (Lipinski definition) is 1. The van der Waals surface area contributed by atoms with Crippen molar-refractivity contribution >= 4 is 33.1 Å². The molecule has 2 aromatic rings. The van der Waals surface area contributed by atoms with E-state index in [1.807, 2.05) is 31.2 Å². The molecule has 8 heteroatoms. The Labute approximate surface area is 138 Å². The van der Waals surface area contributed by atoms with Crippen molar-refractivity contribution in [2.45, 2.75) is 17.2 Å². The molecule has 1 amide bonds. The van der Waals surface area contributed by atoms with Gasteiger partial charge in [-0.15, -0.1) is 11.3 Å². The molecule has 1 fully saturated rings. The molecule has 0 saturated carbocycles. The van der Waals surface area contributed by atoms with Gasteiger partial charge in [-0.05, 0) is 30.5 Å². The molecule has 2 heterocycles. The number of ether oxygens (including phenoxy) is 1. The standard InChI is InChI=1S/C15H16N2O4S2/c1-11-4-6-12(7-5-11)17-10-13(21-15(17)18)9-16-23(19,20)14-3-2-8-22-14/h2-8,13,16H,9-10H2,1H3. The first-order chi connectivity index (χ1) is 11.0. The molecule has 1 atom stereocenters. The number of benzene rings is 1. The van der Waals surface area contributed by atoms with Gasteiger partial charge < -0.3 is 4.74 Å². The molecule has 1 unspecified atom stereocenters. The van der Waals surface area contributed by atoms with E-state index in [0.29, 0.717) is 6.54 Å². The van der Waals surface area contributed by atoms with Crippen molar-refractivity contribution in [2.75, 3.05) is 18.0 Å². The minimum absolute atomic E-state index is 0.0499. The van der Waals surface area contributed by atoms with E-state index in [2.05, 4.69) is 4.72 Å². The number of carbonyl (C=O) groups is 1. The van der Waals surface area contributed by atoms with Crippen LogP contribution in [0.5, 0.6) is 0 Å². The van der Waals surface area contributed by atoms with Gasteiger partial charge in [0.25, 0.3) is 0 Å². The minimum atomic E-state index is -3.55. The fourth-order valence-electron chi connectivity index (χ4n) is 2.25. The molecule has 0 spiro atoms. The van der Waals surface area contributed by atoms with Crippen LogP contribution in [-0.2, 0) is 14.8 Å². The molecular weight excluding hydrogens is 336 g/mol. The molecule has 1 aliphatic rings. The third-order valence-corrected chi connectivity index (χ3v) is 6.30. The van der Waals surface area contributed by atoms with Crippen molar-refractivity contribution in [1.82, 2.24) is 4.72 Å². The molecule has 6 nitrogen and oxygen atoms in total. The van der Waals surface area contributed by atoms with Crippen molar-refractivity contribution < 1.29 is 17.9 Å². The molecule has 0 aliphatic carbocycles. The van der Waals surface area contributed by atoms with Crippen LogP contribution in [0.1, 0.15) is 5.56 Å². The number of rotatable bonds is 5. The molecular formula is C15H16N2O4S2. The lowest BCUT2D eigenvalue weighted by Crippen LogP contribution is -2.34. The van der Waals surface area contributed by atoms with Crippen LogP contribution in [0.4, 0.5) is 10.5 Å². The van der Waals surface area contributed by atoms with E-state index in [1.54, 1.807) is 11.4 Å². The second kappa shape index (κ2) is 6.31. The highest BCUT2D eigenvalue weighted by atomic mass is 32.2. The van der Waals surface area contributed by atoms with Crippen molar-refractivity contribution in [3.05, 3.63) is 47.3 Å². The van der Waals surface area contributed by atoms with Crippen molar-refractivity contribution in [2.24, 2.45) is 0 Å². The number of nitrogens with one attached hydrogen (secondary N) is 1. The summed E-state index contributed by atoms with van der Waals surface area (Å²) in [5.41, 5.74) is 1.84. The van der Waals surface area contributed by atoms with Gasteiger partial charge in [0.1, 0.15) is 10.3 Å². The third kappa shape index (κ3) is 3.54. The highest BCUT2D eigenvalue weighted by Gasteiger charge is 2.33. The molecule has 23 heavy (non-hydrogen) atoms. The number of aryl methyl sites for hydroxylation is 1. The van der Waals surface area contributed by atoms with E-state index in [1.165, 1.54) is 11.0 Å². The Morgan fingerprint density at radius 3 is 2.70 bits per heavy atom. The summed E-state index contributed by atoms with van der Waals surface area (Å²) in [6.07, 6.45) is -0.979. The number of hydrogen-bond acceptors (Lipinski definition) is 5. The van der Waals surface area contributed by atoms with Crippen molar-refractivity contribution in [3.8, 4) is 0 Å². The van der Waals surface area contributed by atoms with Crippen LogP contribution in [0.15, 0.2) is 46.0 Å². The summed E-state index contributed by atoms with van der Waals surface area (Å²) >= 11 is 1.14. The predicted octanol–water partition coefficient (Wildman–Crippen LogP) is 2.36. The van der Waals surface area contributed by atoms with Crippen molar-refractivity contribution in [1.29, 1.82) is 0 Å². The molecule has 1 aliphatic heterocycles. The van der Waals surface area contributed by atoms with Crippen LogP contribution in [0.3, 0.4) is 0 Å². The van der Waals surface area contributed by atoms with Crippen LogP contribution in [0.2, 0.25) is 0 Å². The maximum absolute atomic E-state index is 12.1. The average Bonchev–Trinajstić information content (AvgIpc) is 3.16. The Morgan fingerprint density at radius 2 is 2.04 bits per heavy atom. The molecule has 1 saturated heterocycles. The summed E-state index contributed by atoms with van der Waals surface area (Å²) in [6, 6.07) is 10.7. The molecule has 1 N–H and O–H groups in total. The first-order valence-electron chi connectivity index (χ1n) is 7.04. The van der Waals surface area contributed by atoms with Gasteiger partial charge in [0.05, 0.1) is 6.54 Å². The Kier molecular flexibility index (Phi) is 4.38. The van der Waals surface area contributed by atoms with E-state index in [0.717, 1.165) is 22.6 Å². The largest absolute Gasteiger partial charge is 0.443 e. The second-order valence-corrected chi connectivity index (χ2v) is 8.18. The number of thiophene rings is 1. The zero-order valence-electron chi connectivity index (χ0n) is 12.4. The monoisotopic (exact) mass is 352 g/mol. The van der Waals surface area contributed by atoms with Gasteiger partial charge in [0.2, 0.25) is 10.0 Å². The summed E-state index contributed by atoms with van der Waals surface area (Å²) in [6.45, 7) is 2.33. The lowest BCUT2D eigenvalue weighted by Gasteiger charge is -2.13. The van der Waals surface area contributed by atoms with Gasteiger partial charge in [-0.1, -0.05) is 23.8 Å². The topological polar surface area (TPSA) is 75.7 Å². The quantitative estimate of drug-likeness (QED) is 0.896. The van der Waals surface area contributed by atoms with Crippen LogP contribution >= 0.6 is 11.3 Å². The Bertz CT molecular complexity index is 785. The zero-order valence-corrected chi connectivity index (χ0v) is 14.1. The molecule has 1 aromatic carbocycles. The Hall–Kier alpha value is -1.90. The Morgan fingerprint density at radius 1 is 1.30 bits per heavy atom. The summed E-state index contributed by atoms with van der Waals surface area (Å²) in [4.78, 5) is 13.5. The first-order valence-corrected chi connectivity index (χ1v) is 9.40. The van der Waals surface area contributed by atoms with Gasteiger partial charge in [-0.2, -0.15) is 0 Å². The summed E-state index contributed by atoms with van der Waals surface area (Å²) in [7, 11) is -3.55. The first kappa shape index (κ1) is 16.0. The van der Waals surface area contributed by atoms with E-state index in [9.17, 15) is 13.2 Å². The van der Waals surface area contributed by atoms with E-state index < -0.39 is 22.2 Å². The van der Waals surface area contributed by atoms with E-state index in [4.69, 9.17) is 4.74 Å². The third-order valence-electron chi connectivity index (χ3n) is 3.48. The summed E-state index contributed by atoms with van der Waals surface area (Å²) < 4.78 is 32.1. The summed E-state index contributed by atoms with van der Waals surface area (Å²) in [5, 5.41) is 1.70. The van der Waals surface area contributed by atoms with Crippen LogP contribution in [0.25, 0.3) is 0 Å². The fourth-order valence-corrected chi connectivity index (χ4v) is 4.36. The van der Waals surface area contributed by atoms with Gasteiger partial charge in [-0.25, -0.2) is 17.9 Å². The van der Waals surface area contributed by atoms with Crippen LogP contribution in [0, 0.1) is 6.92 Å². The van der Waals surface area contributed by atoms with Gasteiger partial charge >= 0.3 is 6.09 Å². The molecule has 122 valence electrons. The SMILES string of the molecule is Cc1ccc(N2CC(CNS(=O)(=O)c3cccs3)OC2=O)cc1. The predicted molar refractivity (Wildman–Crippen MR) is 88.3 cm³/mol. The number of carbonyl (C=O) groups excluding carboxylic acids is 1. The van der Waals surface area contributed by atoms with E-state index in [-0.39, 0.29) is 10.8 Å². The highest BCUT2D eigenvalue weighted by Crippen LogP contribution is 2.22. The number of anilines is 1. The smallest absolute Gasteiger partial charge is 0.414 e. The minimum Gasteiger partial charge on any atom is -0.443 e. The zero-order chi connectivity index (χ0) is 16.4. The number of sulfonamides is 1. The average molecular weight is 352 g/mol. The molecule has 0 radical (unpaired) electrons. The maximum atomic E-state index is 12.1. The van der Waals surface area contributed by atoms with Gasteiger partial charge in [-0.3, -0.25) is 4.90 Å². The normalized spacial score (nSPS) is 18.2. The number of amides is 1. The number of cyclic esters (lactones) is 1. The molecule has 0 bridgehead atoms. The van der Waals surface area contributed by atoms with Gasteiger partial charge in [0.15, 0.2) is 0 Å². The summed E-state index contributed by atoms with van der Waals surface area (Å²) in [5.74, 6) is 0. The maximum Gasteiger partial charge on any atom is 0.414 e. The fraction of sp³-hybridized carbons (Fsp3) is 0.267. The van der Waals surface area contributed by atoms with E-state index >= 15 is 0 Å². The highest BCUT2D eigenvalue weighted by molar-refractivity contribution is 7.91. The Balaban J connectivity index is 1.63. The van der Waals surface area contributed by atoms with Gasteiger partial charge in [0, 0.05) is 12.2 Å². The number of nitrogens with zero attached hydrogens (tertiary/aromatic N) is 1. The molecule has 1 aromatic heterocycles. The lowest BCUT2D eigenvalue weighted by atomic mass is 10.2. The van der Waals surface area contributed by atoms with Crippen LogP contribution < -0.4 is 9.62 Å². The molecule has 3 rings (SSSR count). The van der Waals surface area contributed by atoms with Crippen LogP contribution in [-0.4, -0.2) is 33.7 Å². The van der Waals surface area contributed by atoms with Crippen molar-refractivity contribution in [3.63, 3.8) is 0 Å². The lowest BCUT2D eigenvalue weighted by molar-refractivity contribution is 0.143. The second-order valence-electron chi connectivity index (χ2n) is 5.24.